The molecule has 4 saturated carbocycles. The van der Waals surface area contributed by atoms with E-state index in [0.29, 0.717) is 17.3 Å². The average Bonchev–Trinajstić information content (AvgIpc) is 3.04. The van der Waals surface area contributed by atoms with Gasteiger partial charge in [0.15, 0.2) is 0 Å². The van der Waals surface area contributed by atoms with E-state index in [9.17, 15) is 9.90 Å². The van der Waals surface area contributed by atoms with Crippen LogP contribution in [0.5, 0.6) is 0 Å². The van der Waals surface area contributed by atoms with Crippen LogP contribution in [-0.2, 0) is 9.53 Å². The third-order valence-corrected chi connectivity index (χ3v) is 10.5. The smallest absolute Gasteiger partial charge is 0.302 e. The van der Waals surface area contributed by atoms with Gasteiger partial charge < -0.3 is 9.84 Å². The Morgan fingerprint density at radius 2 is 1.75 bits per heavy atom. The SMILES string of the molecule is CC(=O)O[C@@H]1CC[C@]2(C)[C@@H](CC[C@H]3[C@H]4CC[C@@](O)(/C=C/c5ccccc5)[C@]4(C)CC[C@@H]32)C1. The number of hydrogen-bond donors (Lipinski definition) is 1. The Balaban J connectivity index is 1.35. The minimum atomic E-state index is -0.705. The monoisotopic (exact) mass is 436 g/mol. The van der Waals surface area contributed by atoms with Crippen molar-refractivity contribution in [1.82, 2.24) is 0 Å². The number of esters is 1. The Morgan fingerprint density at radius 3 is 2.50 bits per heavy atom. The Kier molecular flexibility index (Phi) is 5.55. The number of ether oxygens (including phenoxy) is 1. The summed E-state index contributed by atoms with van der Waals surface area (Å²) in [5.74, 6) is 2.62. The number of hydrogen-bond acceptors (Lipinski definition) is 3. The van der Waals surface area contributed by atoms with Crippen molar-refractivity contribution < 1.29 is 14.6 Å². The van der Waals surface area contributed by atoms with Gasteiger partial charge in [0.05, 0.1) is 5.60 Å². The van der Waals surface area contributed by atoms with Crippen molar-refractivity contribution in [1.29, 1.82) is 0 Å². The zero-order chi connectivity index (χ0) is 22.6. The molecule has 0 radical (unpaired) electrons. The van der Waals surface area contributed by atoms with E-state index >= 15 is 0 Å². The van der Waals surface area contributed by atoms with Crippen LogP contribution >= 0.6 is 0 Å². The summed E-state index contributed by atoms with van der Waals surface area (Å²) in [5.41, 5.74) is 0.793. The van der Waals surface area contributed by atoms with Crippen molar-refractivity contribution in [2.45, 2.75) is 90.3 Å². The second-order valence-corrected chi connectivity index (χ2v) is 11.8. The van der Waals surface area contributed by atoms with Crippen LogP contribution in [0.15, 0.2) is 36.4 Å². The minimum Gasteiger partial charge on any atom is -0.463 e. The highest BCUT2D eigenvalue weighted by Crippen LogP contribution is 2.68. The summed E-state index contributed by atoms with van der Waals surface area (Å²) >= 11 is 0. The average molecular weight is 437 g/mol. The summed E-state index contributed by atoms with van der Waals surface area (Å²) in [4.78, 5) is 11.5. The second kappa shape index (κ2) is 8.01. The highest BCUT2D eigenvalue weighted by atomic mass is 16.5. The molecule has 4 aliphatic carbocycles. The fourth-order valence-electron chi connectivity index (χ4n) is 8.68. The normalized spacial score (nSPS) is 45.7. The van der Waals surface area contributed by atoms with E-state index in [2.05, 4.69) is 50.3 Å². The van der Waals surface area contributed by atoms with Gasteiger partial charge in [0.2, 0.25) is 0 Å². The standard InChI is InChI=1S/C29H40O3/c1-20(30)32-23-12-15-27(2)22(19-23)9-10-24-25(27)13-16-28(3)26(24)14-18-29(28,31)17-11-21-7-5-4-6-8-21/h4-8,11,17,22-26,31H,9-10,12-16,18-19H2,1-3H3/b17-11+/t22-,23+,24+,25-,26+,27+,28+,29-/m0/s1. The lowest BCUT2D eigenvalue weighted by Crippen LogP contribution is -2.56. The Hall–Kier alpha value is -1.61. The molecule has 4 aliphatic rings. The number of carbonyl (C=O) groups is 1. The van der Waals surface area contributed by atoms with Gasteiger partial charge in [0.25, 0.3) is 0 Å². The number of fused-ring (bicyclic) bond motifs is 5. The van der Waals surface area contributed by atoms with Gasteiger partial charge in [-0.2, -0.15) is 0 Å². The van der Waals surface area contributed by atoms with Crippen LogP contribution in [0, 0.1) is 34.5 Å². The van der Waals surface area contributed by atoms with Gasteiger partial charge in [0, 0.05) is 12.3 Å². The zero-order valence-electron chi connectivity index (χ0n) is 20.1. The summed E-state index contributed by atoms with van der Waals surface area (Å²) in [5, 5.41) is 11.9. The molecule has 5 rings (SSSR count). The van der Waals surface area contributed by atoms with Crippen molar-refractivity contribution >= 4 is 12.0 Å². The molecule has 1 aromatic rings. The third kappa shape index (κ3) is 3.47. The number of benzene rings is 1. The molecule has 0 heterocycles. The lowest BCUT2D eigenvalue weighted by molar-refractivity contribution is -0.164. The fourth-order valence-corrected chi connectivity index (χ4v) is 8.68. The molecule has 0 spiro atoms. The summed E-state index contributed by atoms with van der Waals surface area (Å²) in [6.07, 6.45) is 14.5. The van der Waals surface area contributed by atoms with E-state index < -0.39 is 5.60 Å². The molecule has 3 heteroatoms. The molecule has 174 valence electrons. The Bertz CT molecular complexity index is 878. The third-order valence-electron chi connectivity index (χ3n) is 10.5. The van der Waals surface area contributed by atoms with Crippen LogP contribution in [0.4, 0.5) is 0 Å². The molecule has 4 fully saturated rings. The lowest BCUT2D eigenvalue weighted by Gasteiger charge is -2.61. The van der Waals surface area contributed by atoms with Gasteiger partial charge in [-0.25, -0.2) is 0 Å². The lowest BCUT2D eigenvalue weighted by atomic mass is 9.44. The van der Waals surface area contributed by atoms with E-state index in [-0.39, 0.29) is 17.5 Å². The molecule has 0 amide bonds. The molecule has 3 nitrogen and oxygen atoms in total. The molecule has 8 atom stereocenters. The Morgan fingerprint density at radius 1 is 1.00 bits per heavy atom. The fraction of sp³-hybridized carbons (Fsp3) is 0.690. The number of aliphatic hydroxyl groups is 1. The van der Waals surface area contributed by atoms with E-state index in [1.807, 2.05) is 6.07 Å². The first kappa shape index (κ1) is 22.2. The largest absolute Gasteiger partial charge is 0.463 e. The molecule has 0 unspecified atom stereocenters. The maximum absolute atomic E-state index is 11.9. The molecular weight excluding hydrogens is 396 g/mol. The summed E-state index contributed by atoms with van der Waals surface area (Å²) in [7, 11) is 0. The van der Waals surface area contributed by atoms with Crippen molar-refractivity contribution in [2.24, 2.45) is 34.5 Å². The molecule has 1 N–H and O–H groups in total. The van der Waals surface area contributed by atoms with E-state index in [0.717, 1.165) is 43.9 Å². The first-order chi connectivity index (χ1) is 15.3. The molecule has 0 aliphatic heterocycles. The van der Waals surface area contributed by atoms with Gasteiger partial charge in [-0.1, -0.05) is 56.3 Å². The predicted molar refractivity (Wildman–Crippen MR) is 128 cm³/mol. The predicted octanol–water partition coefficient (Wildman–Crippen LogP) is 6.41. The van der Waals surface area contributed by atoms with E-state index in [4.69, 9.17) is 4.74 Å². The van der Waals surface area contributed by atoms with Gasteiger partial charge in [-0.15, -0.1) is 0 Å². The maximum atomic E-state index is 11.9. The van der Waals surface area contributed by atoms with E-state index in [1.165, 1.54) is 31.2 Å². The first-order valence-electron chi connectivity index (χ1n) is 12.9. The highest BCUT2D eigenvalue weighted by Gasteiger charge is 2.64. The molecule has 1 aromatic carbocycles. The molecule has 0 bridgehead atoms. The molecule has 32 heavy (non-hydrogen) atoms. The van der Waals surface area contributed by atoms with Crippen LogP contribution in [-0.4, -0.2) is 22.8 Å². The minimum absolute atomic E-state index is 0.0302. The second-order valence-electron chi connectivity index (χ2n) is 11.8. The van der Waals surface area contributed by atoms with Crippen LogP contribution in [0.2, 0.25) is 0 Å². The first-order valence-corrected chi connectivity index (χ1v) is 12.9. The summed E-state index contributed by atoms with van der Waals surface area (Å²) in [6.45, 7) is 6.46. The van der Waals surface area contributed by atoms with Crippen molar-refractivity contribution in [3.8, 4) is 0 Å². The topological polar surface area (TPSA) is 46.5 Å². The van der Waals surface area contributed by atoms with Crippen LogP contribution < -0.4 is 0 Å². The summed E-state index contributed by atoms with van der Waals surface area (Å²) < 4.78 is 5.62. The van der Waals surface area contributed by atoms with Crippen molar-refractivity contribution in [3.05, 3.63) is 42.0 Å². The zero-order valence-corrected chi connectivity index (χ0v) is 20.1. The molecule has 0 aromatic heterocycles. The van der Waals surface area contributed by atoms with E-state index in [1.54, 1.807) is 6.92 Å². The quantitative estimate of drug-likeness (QED) is 0.557. The molecular formula is C29H40O3. The van der Waals surface area contributed by atoms with Gasteiger partial charge in [0.1, 0.15) is 6.10 Å². The summed E-state index contributed by atoms with van der Waals surface area (Å²) in [6, 6.07) is 10.4. The van der Waals surface area contributed by atoms with Crippen LogP contribution in [0.25, 0.3) is 6.08 Å². The number of rotatable bonds is 3. The van der Waals surface area contributed by atoms with Crippen LogP contribution in [0.3, 0.4) is 0 Å². The molecule has 0 saturated heterocycles. The number of carbonyl (C=O) groups excluding carboxylic acids is 1. The highest BCUT2D eigenvalue weighted by molar-refractivity contribution is 5.66. The van der Waals surface area contributed by atoms with Gasteiger partial charge in [-0.05, 0) is 92.4 Å². The van der Waals surface area contributed by atoms with Gasteiger partial charge >= 0.3 is 5.97 Å². The van der Waals surface area contributed by atoms with Gasteiger partial charge in [-0.3, -0.25) is 4.79 Å². The van der Waals surface area contributed by atoms with Crippen molar-refractivity contribution in [3.63, 3.8) is 0 Å². The van der Waals surface area contributed by atoms with Crippen LogP contribution in [0.1, 0.15) is 84.1 Å². The van der Waals surface area contributed by atoms with Crippen molar-refractivity contribution in [2.75, 3.05) is 0 Å². The maximum Gasteiger partial charge on any atom is 0.302 e. The Labute approximate surface area is 193 Å².